The third-order valence-corrected chi connectivity index (χ3v) is 9.74. The van der Waals surface area contributed by atoms with Gasteiger partial charge in [0.05, 0.1) is 46.8 Å². The monoisotopic (exact) mass is 590 g/mol. The lowest BCUT2D eigenvalue weighted by Crippen LogP contribution is -2.05. The molecule has 0 aromatic carbocycles. The summed E-state index contributed by atoms with van der Waals surface area (Å²) in [6.45, 7) is 4.19. The van der Waals surface area contributed by atoms with Gasteiger partial charge in [-0.3, -0.25) is 9.59 Å². The summed E-state index contributed by atoms with van der Waals surface area (Å²) in [4.78, 5) is 36.7. The van der Waals surface area contributed by atoms with Crippen LogP contribution >= 0.6 is 34.0 Å². The molecule has 4 aromatic rings. The van der Waals surface area contributed by atoms with E-state index in [2.05, 4.69) is 47.8 Å². The van der Waals surface area contributed by atoms with Crippen LogP contribution in [-0.2, 0) is 25.5 Å². The number of ether oxygens (including phenoxy) is 2. The Kier molecular flexibility index (Phi) is 8.63. The van der Waals surface area contributed by atoms with Gasteiger partial charge >= 0.3 is 11.9 Å². The van der Waals surface area contributed by atoms with Gasteiger partial charge in [-0.15, -0.1) is 34.0 Å². The first-order chi connectivity index (χ1) is 19.4. The molecule has 5 heterocycles. The number of esters is 2. The zero-order chi connectivity index (χ0) is 28.2. The lowest BCUT2D eigenvalue weighted by Gasteiger charge is -2.14. The van der Waals surface area contributed by atoms with Crippen molar-refractivity contribution in [2.24, 2.45) is 4.99 Å². The first kappa shape index (κ1) is 28.0. The number of nitrogens with one attached hydrogen (secondary N) is 1. The van der Waals surface area contributed by atoms with Crippen molar-refractivity contribution in [3.05, 3.63) is 96.0 Å². The van der Waals surface area contributed by atoms with Gasteiger partial charge < -0.3 is 14.5 Å². The summed E-state index contributed by atoms with van der Waals surface area (Å²) < 4.78 is 9.97. The van der Waals surface area contributed by atoms with Gasteiger partial charge in [0.25, 0.3) is 0 Å². The third kappa shape index (κ3) is 5.54. The Morgan fingerprint density at radius 2 is 1.48 bits per heavy atom. The largest absolute Gasteiger partial charge is 0.469 e. The molecule has 9 heteroatoms. The van der Waals surface area contributed by atoms with Gasteiger partial charge in [-0.2, -0.15) is 0 Å². The number of H-pyrrole nitrogens is 1. The lowest BCUT2D eigenvalue weighted by molar-refractivity contribution is -0.141. The molecule has 0 bridgehead atoms. The number of thiophene rings is 3. The van der Waals surface area contributed by atoms with Crippen LogP contribution in [-0.4, -0.2) is 36.9 Å². The normalized spacial score (nSPS) is 14.4. The number of carbonyl (C=O) groups is 2. The third-order valence-electron chi connectivity index (χ3n) is 7.09. The zero-order valence-corrected chi connectivity index (χ0v) is 25.3. The van der Waals surface area contributed by atoms with Gasteiger partial charge in [-0.25, -0.2) is 4.99 Å². The highest BCUT2D eigenvalue weighted by Gasteiger charge is 2.30. The number of nitrogens with zero attached hydrogens (tertiary/aromatic N) is 1. The second kappa shape index (κ2) is 12.3. The van der Waals surface area contributed by atoms with Crippen molar-refractivity contribution >= 4 is 57.2 Å². The van der Waals surface area contributed by atoms with Gasteiger partial charge in [-0.05, 0) is 83.3 Å². The summed E-state index contributed by atoms with van der Waals surface area (Å²) in [6.07, 6.45) is 1.57. The summed E-state index contributed by atoms with van der Waals surface area (Å²) >= 11 is 4.97. The summed E-state index contributed by atoms with van der Waals surface area (Å²) in [5.74, 6) is -0.501. The van der Waals surface area contributed by atoms with Gasteiger partial charge in [-0.1, -0.05) is 18.2 Å². The predicted molar refractivity (Wildman–Crippen MR) is 164 cm³/mol. The van der Waals surface area contributed by atoms with Crippen molar-refractivity contribution in [1.82, 2.24) is 4.98 Å². The zero-order valence-electron chi connectivity index (χ0n) is 22.8. The molecule has 1 aliphatic heterocycles. The standard InChI is InChI=1S/C31H30N2O4S3/c1-18-20(11-13-25(34)36-3)30(32-28(18)23-9-6-16-39-23)27(22-8-5-15-38-22)31-21(12-14-26(35)37-4)19(2)29(33-31)24-10-7-17-40-24/h5-10,15-17,32H,11-14H2,1-4H3/b31-27-. The van der Waals surface area contributed by atoms with E-state index in [4.69, 9.17) is 14.5 Å². The molecule has 40 heavy (non-hydrogen) atoms. The minimum Gasteiger partial charge on any atom is -0.469 e. The second-order valence-corrected chi connectivity index (χ2v) is 12.2. The molecule has 0 radical (unpaired) electrons. The molecule has 0 saturated heterocycles. The molecule has 1 aliphatic rings. The molecule has 1 N–H and O–H groups in total. The molecule has 5 rings (SSSR count). The van der Waals surface area contributed by atoms with Crippen LogP contribution in [0.4, 0.5) is 0 Å². The smallest absolute Gasteiger partial charge is 0.305 e. The highest BCUT2D eigenvalue weighted by molar-refractivity contribution is 7.13. The topological polar surface area (TPSA) is 80.8 Å². The van der Waals surface area contributed by atoms with E-state index < -0.39 is 0 Å². The maximum atomic E-state index is 12.2. The van der Waals surface area contributed by atoms with Gasteiger partial charge in [0.2, 0.25) is 0 Å². The molecule has 0 saturated carbocycles. The fourth-order valence-corrected chi connectivity index (χ4v) is 7.34. The molecule has 206 valence electrons. The molecular weight excluding hydrogens is 561 g/mol. The number of aliphatic imine (C=N–C) groups is 1. The molecular formula is C31H30N2O4S3. The van der Waals surface area contributed by atoms with Crippen LogP contribution in [0, 0.1) is 6.92 Å². The minimum absolute atomic E-state index is 0.247. The Bertz CT molecular complexity index is 1600. The Morgan fingerprint density at radius 1 is 0.850 bits per heavy atom. The number of aromatic amines is 1. The number of hydrogen-bond acceptors (Lipinski definition) is 8. The molecule has 0 unspecified atom stereocenters. The Hall–Kier alpha value is -3.53. The molecule has 4 aromatic heterocycles. The van der Waals surface area contributed by atoms with Crippen molar-refractivity contribution in [3.8, 4) is 10.6 Å². The van der Waals surface area contributed by atoms with E-state index in [1.165, 1.54) is 14.2 Å². The van der Waals surface area contributed by atoms with E-state index in [-0.39, 0.29) is 24.8 Å². The van der Waals surface area contributed by atoms with Gasteiger partial charge in [0, 0.05) is 23.3 Å². The average Bonchev–Trinajstić information content (AvgIpc) is 3.79. The summed E-state index contributed by atoms with van der Waals surface area (Å²) in [6, 6.07) is 12.4. The molecule has 0 amide bonds. The highest BCUT2D eigenvalue weighted by Crippen LogP contribution is 2.44. The van der Waals surface area contributed by atoms with Crippen LogP contribution in [0.25, 0.3) is 16.1 Å². The summed E-state index contributed by atoms with van der Waals surface area (Å²) in [7, 11) is 2.84. The molecule has 0 aliphatic carbocycles. The van der Waals surface area contributed by atoms with E-state index in [0.717, 1.165) is 65.3 Å². The molecule has 0 atom stereocenters. The Morgan fingerprint density at radius 3 is 2.08 bits per heavy atom. The van der Waals surface area contributed by atoms with Crippen molar-refractivity contribution < 1.29 is 19.1 Å². The van der Waals surface area contributed by atoms with Crippen molar-refractivity contribution in [3.63, 3.8) is 0 Å². The van der Waals surface area contributed by atoms with Crippen LogP contribution in [0.1, 0.15) is 52.8 Å². The number of methoxy groups -OCH3 is 2. The number of carbonyl (C=O) groups excluding carboxylic acids is 2. The summed E-state index contributed by atoms with van der Waals surface area (Å²) in [5.41, 5.74) is 9.00. The quantitative estimate of drug-likeness (QED) is 0.191. The number of rotatable bonds is 10. The molecule has 0 spiro atoms. The Balaban J connectivity index is 1.77. The van der Waals surface area contributed by atoms with Crippen LogP contribution < -0.4 is 0 Å². The SMILES string of the molecule is COC(=O)CCC1=C(C)C(c2cccs2)=N/C1=C(/c1cccs1)c1[nH]c(-c2cccs2)c(C)c1CCC(=O)OC. The second-order valence-electron chi connectivity index (χ2n) is 9.35. The first-order valence-corrected chi connectivity index (χ1v) is 15.6. The fraction of sp³-hybridized carbons (Fsp3) is 0.258. The highest BCUT2D eigenvalue weighted by atomic mass is 32.1. The average molecular weight is 591 g/mol. The Labute approximate surface area is 245 Å². The summed E-state index contributed by atoms with van der Waals surface area (Å²) in [5, 5.41) is 6.17. The number of aromatic nitrogens is 1. The van der Waals surface area contributed by atoms with Crippen LogP contribution in [0.15, 0.2) is 74.4 Å². The molecule has 0 fully saturated rings. The van der Waals surface area contributed by atoms with Crippen molar-refractivity contribution in [2.75, 3.05) is 14.2 Å². The predicted octanol–water partition coefficient (Wildman–Crippen LogP) is 7.81. The minimum atomic E-state index is -0.253. The van der Waals surface area contributed by atoms with E-state index in [1.807, 2.05) is 23.6 Å². The lowest BCUT2D eigenvalue weighted by atomic mass is 9.93. The van der Waals surface area contributed by atoms with E-state index >= 15 is 0 Å². The first-order valence-electron chi connectivity index (χ1n) is 12.9. The maximum Gasteiger partial charge on any atom is 0.305 e. The van der Waals surface area contributed by atoms with Gasteiger partial charge in [0.15, 0.2) is 0 Å². The van der Waals surface area contributed by atoms with Crippen LogP contribution in [0.3, 0.4) is 0 Å². The van der Waals surface area contributed by atoms with Crippen molar-refractivity contribution in [2.45, 2.75) is 39.5 Å². The van der Waals surface area contributed by atoms with Crippen LogP contribution in [0.2, 0.25) is 0 Å². The number of allylic oxidation sites excluding steroid dienone is 2. The van der Waals surface area contributed by atoms with Crippen LogP contribution in [0.5, 0.6) is 0 Å². The van der Waals surface area contributed by atoms with E-state index in [0.29, 0.717) is 12.8 Å². The number of hydrogen-bond donors (Lipinski definition) is 1. The van der Waals surface area contributed by atoms with E-state index in [1.54, 1.807) is 34.0 Å². The van der Waals surface area contributed by atoms with E-state index in [9.17, 15) is 9.59 Å². The maximum absolute atomic E-state index is 12.2. The van der Waals surface area contributed by atoms with Crippen molar-refractivity contribution in [1.29, 1.82) is 0 Å². The fourth-order valence-electron chi connectivity index (χ4n) is 5.01. The molecule has 6 nitrogen and oxygen atoms in total. The van der Waals surface area contributed by atoms with Gasteiger partial charge in [0.1, 0.15) is 0 Å².